The van der Waals surface area contributed by atoms with Crippen molar-refractivity contribution in [2.24, 2.45) is 5.92 Å². The summed E-state index contributed by atoms with van der Waals surface area (Å²) >= 11 is 6.02. The number of amides is 1. The number of nitrogens with one attached hydrogen (secondary N) is 2. The zero-order valence-corrected chi connectivity index (χ0v) is 15.4. The van der Waals surface area contributed by atoms with Crippen LogP contribution < -0.4 is 10.6 Å². The normalized spacial score (nSPS) is 23.1. The molecule has 2 fully saturated rings. The Balaban J connectivity index is 0.00000208. The molecule has 134 valence electrons. The lowest BCUT2D eigenvalue weighted by molar-refractivity contribution is -0.126. The van der Waals surface area contributed by atoms with Crippen molar-refractivity contribution in [1.82, 2.24) is 10.6 Å². The van der Waals surface area contributed by atoms with Crippen LogP contribution in [0.15, 0.2) is 24.3 Å². The van der Waals surface area contributed by atoms with Gasteiger partial charge in [0.1, 0.15) is 0 Å². The summed E-state index contributed by atoms with van der Waals surface area (Å²) in [4.78, 5) is 12.5. The molecule has 0 spiro atoms. The highest BCUT2D eigenvalue weighted by molar-refractivity contribution is 6.30. The maximum absolute atomic E-state index is 12.5. The van der Waals surface area contributed by atoms with E-state index in [9.17, 15) is 4.79 Å². The summed E-state index contributed by atoms with van der Waals surface area (Å²) in [6, 6.07) is 8.03. The van der Waals surface area contributed by atoms with Crippen LogP contribution in [0.25, 0.3) is 0 Å². The molecule has 0 aromatic heterocycles. The van der Waals surface area contributed by atoms with E-state index in [2.05, 4.69) is 22.8 Å². The van der Waals surface area contributed by atoms with Crippen molar-refractivity contribution in [1.29, 1.82) is 0 Å². The molecule has 4 nitrogen and oxygen atoms in total. The van der Waals surface area contributed by atoms with Crippen molar-refractivity contribution in [3.63, 3.8) is 0 Å². The van der Waals surface area contributed by atoms with E-state index in [1.54, 1.807) is 0 Å². The molecule has 2 N–H and O–H groups in total. The first kappa shape index (κ1) is 19.5. The Morgan fingerprint density at radius 1 is 1.29 bits per heavy atom. The van der Waals surface area contributed by atoms with Crippen LogP contribution >= 0.6 is 24.0 Å². The van der Waals surface area contributed by atoms with Gasteiger partial charge in [0.15, 0.2) is 0 Å². The van der Waals surface area contributed by atoms with Crippen LogP contribution in [0, 0.1) is 5.92 Å². The molecule has 2 aliphatic rings. The van der Waals surface area contributed by atoms with E-state index in [-0.39, 0.29) is 29.6 Å². The Labute approximate surface area is 155 Å². The Bertz CT molecular complexity index is 524. The lowest BCUT2D eigenvalue weighted by Crippen LogP contribution is -2.48. The molecule has 1 unspecified atom stereocenters. The number of hydrogen-bond acceptors (Lipinski definition) is 3. The molecule has 3 rings (SSSR count). The minimum absolute atomic E-state index is 0. The van der Waals surface area contributed by atoms with Gasteiger partial charge in [-0.2, -0.15) is 0 Å². The van der Waals surface area contributed by atoms with Gasteiger partial charge in [-0.3, -0.25) is 4.79 Å². The van der Waals surface area contributed by atoms with Gasteiger partial charge in [-0.05, 0) is 49.9 Å². The molecular formula is C18H26Cl2N2O2. The number of carbonyl (C=O) groups excluding carboxylic acids is 1. The summed E-state index contributed by atoms with van der Waals surface area (Å²) in [5.41, 5.74) is 1.20. The summed E-state index contributed by atoms with van der Waals surface area (Å²) < 4.78 is 5.54. The summed E-state index contributed by atoms with van der Waals surface area (Å²) in [7, 11) is 0. The van der Waals surface area contributed by atoms with Gasteiger partial charge in [-0.15, -0.1) is 12.4 Å². The van der Waals surface area contributed by atoms with E-state index in [1.165, 1.54) is 5.56 Å². The Morgan fingerprint density at radius 3 is 2.62 bits per heavy atom. The molecule has 0 saturated carbocycles. The first-order chi connectivity index (χ1) is 11.2. The zero-order chi connectivity index (χ0) is 16.1. The number of halogens is 2. The topological polar surface area (TPSA) is 50.4 Å². The highest BCUT2D eigenvalue weighted by Gasteiger charge is 2.35. The molecule has 2 aliphatic heterocycles. The first-order valence-electron chi connectivity index (χ1n) is 8.52. The largest absolute Gasteiger partial charge is 0.381 e. The monoisotopic (exact) mass is 372 g/mol. The fraction of sp³-hybridized carbons (Fsp3) is 0.611. The third-order valence-electron chi connectivity index (χ3n) is 5.18. The van der Waals surface area contributed by atoms with Crippen molar-refractivity contribution in [3.8, 4) is 0 Å². The van der Waals surface area contributed by atoms with Gasteiger partial charge in [0.2, 0.25) is 5.91 Å². The lowest BCUT2D eigenvalue weighted by atomic mass is 9.74. The van der Waals surface area contributed by atoms with E-state index >= 15 is 0 Å². The van der Waals surface area contributed by atoms with E-state index in [4.69, 9.17) is 16.3 Å². The number of benzene rings is 1. The minimum atomic E-state index is -0.0411. The van der Waals surface area contributed by atoms with E-state index in [1.807, 2.05) is 12.1 Å². The van der Waals surface area contributed by atoms with Crippen molar-refractivity contribution in [2.75, 3.05) is 32.8 Å². The van der Waals surface area contributed by atoms with Crippen molar-refractivity contribution < 1.29 is 9.53 Å². The fourth-order valence-corrected chi connectivity index (χ4v) is 3.74. The zero-order valence-electron chi connectivity index (χ0n) is 13.9. The highest BCUT2D eigenvalue weighted by atomic mass is 35.5. The SMILES string of the molecule is Cl.O=C(NCC1(c2ccc(Cl)cc2)CCOCC1)C1CCCNC1. The number of carbonyl (C=O) groups is 1. The van der Waals surface area contributed by atoms with Crippen LogP contribution in [0.2, 0.25) is 5.02 Å². The first-order valence-corrected chi connectivity index (χ1v) is 8.90. The van der Waals surface area contributed by atoms with Gasteiger partial charge >= 0.3 is 0 Å². The summed E-state index contributed by atoms with van der Waals surface area (Å²) in [6.45, 7) is 3.97. The number of hydrogen-bond donors (Lipinski definition) is 2. The van der Waals surface area contributed by atoms with Gasteiger partial charge in [0, 0.05) is 36.7 Å². The predicted molar refractivity (Wildman–Crippen MR) is 99.0 cm³/mol. The summed E-state index contributed by atoms with van der Waals surface area (Å²) in [5, 5.41) is 7.26. The molecular weight excluding hydrogens is 347 g/mol. The predicted octanol–water partition coefficient (Wildman–Crippen LogP) is 2.93. The molecule has 0 bridgehead atoms. The van der Waals surface area contributed by atoms with Gasteiger partial charge < -0.3 is 15.4 Å². The average Bonchev–Trinajstić information content (AvgIpc) is 2.62. The van der Waals surface area contributed by atoms with Crippen LogP contribution in [-0.4, -0.2) is 38.8 Å². The molecule has 1 amide bonds. The molecule has 2 saturated heterocycles. The van der Waals surface area contributed by atoms with Gasteiger partial charge in [-0.1, -0.05) is 23.7 Å². The molecule has 0 radical (unpaired) electrons. The van der Waals surface area contributed by atoms with Crippen molar-refractivity contribution in [2.45, 2.75) is 31.1 Å². The standard InChI is InChI=1S/C18H25ClN2O2.ClH/c19-16-5-3-15(4-6-16)18(7-10-23-11-8-18)13-21-17(22)14-2-1-9-20-12-14;/h3-6,14,20H,1-2,7-13H2,(H,21,22);1H. The number of rotatable bonds is 4. The van der Waals surface area contributed by atoms with Crippen LogP contribution in [0.1, 0.15) is 31.2 Å². The summed E-state index contributed by atoms with van der Waals surface area (Å²) in [5.74, 6) is 0.280. The average molecular weight is 373 g/mol. The van der Waals surface area contributed by atoms with Crippen LogP contribution in [0.4, 0.5) is 0 Å². The Morgan fingerprint density at radius 2 is 2.00 bits per heavy atom. The molecule has 24 heavy (non-hydrogen) atoms. The number of ether oxygens (including phenoxy) is 1. The molecule has 2 heterocycles. The molecule has 0 aliphatic carbocycles. The second-order valence-corrected chi connectivity index (χ2v) is 7.10. The second-order valence-electron chi connectivity index (χ2n) is 6.66. The highest BCUT2D eigenvalue weighted by Crippen LogP contribution is 2.35. The van der Waals surface area contributed by atoms with Crippen LogP contribution in [0.3, 0.4) is 0 Å². The number of piperidine rings is 1. The summed E-state index contributed by atoms with van der Waals surface area (Å²) in [6.07, 6.45) is 3.92. The van der Waals surface area contributed by atoms with Crippen LogP contribution in [0.5, 0.6) is 0 Å². The Hall–Kier alpha value is -0.810. The lowest BCUT2D eigenvalue weighted by Gasteiger charge is -2.38. The minimum Gasteiger partial charge on any atom is -0.381 e. The van der Waals surface area contributed by atoms with E-state index in [0.29, 0.717) is 6.54 Å². The van der Waals surface area contributed by atoms with Crippen molar-refractivity contribution in [3.05, 3.63) is 34.9 Å². The molecule has 1 atom stereocenters. The maximum atomic E-state index is 12.5. The van der Waals surface area contributed by atoms with Gasteiger partial charge in [0.25, 0.3) is 0 Å². The maximum Gasteiger partial charge on any atom is 0.224 e. The van der Waals surface area contributed by atoms with Crippen molar-refractivity contribution >= 4 is 29.9 Å². The smallest absolute Gasteiger partial charge is 0.224 e. The molecule has 1 aromatic carbocycles. The quantitative estimate of drug-likeness (QED) is 0.853. The van der Waals surface area contributed by atoms with E-state index < -0.39 is 0 Å². The van der Waals surface area contributed by atoms with Crippen LogP contribution in [-0.2, 0) is 14.9 Å². The Kier molecular flexibility index (Phi) is 7.35. The second kappa shape index (κ2) is 9.04. The van der Waals surface area contributed by atoms with Gasteiger partial charge in [-0.25, -0.2) is 0 Å². The van der Waals surface area contributed by atoms with Gasteiger partial charge in [0.05, 0.1) is 5.92 Å². The third kappa shape index (κ3) is 4.63. The molecule has 1 aromatic rings. The van der Waals surface area contributed by atoms with E-state index in [0.717, 1.165) is 57.0 Å². The third-order valence-corrected chi connectivity index (χ3v) is 5.43. The fourth-order valence-electron chi connectivity index (χ4n) is 3.61. The molecule has 6 heteroatoms.